The summed E-state index contributed by atoms with van der Waals surface area (Å²) < 4.78 is 11.3. The summed E-state index contributed by atoms with van der Waals surface area (Å²) in [4.78, 5) is 25.1. The summed E-state index contributed by atoms with van der Waals surface area (Å²) in [5.74, 6) is 0.137. The van der Waals surface area contributed by atoms with E-state index >= 15 is 0 Å². The Labute approximate surface area is 152 Å². The number of carbonyl (C=O) groups is 2. The number of hydrogen-bond acceptors (Lipinski definition) is 4. The maximum atomic E-state index is 12.2. The summed E-state index contributed by atoms with van der Waals surface area (Å²) in [5, 5.41) is 0. The summed E-state index contributed by atoms with van der Waals surface area (Å²) in [6.07, 6.45) is 1.11. The number of carbonyl (C=O) groups excluding carboxylic acids is 2. The fraction of sp³-hybridized carbons (Fsp3) is 0.300. The predicted octanol–water partition coefficient (Wildman–Crippen LogP) is 2.97. The first-order valence-corrected chi connectivity index (χ1v) is 8.64. The second kappa shape index (κ2) is 8.38. The third-order valence-electron chi connectivity index (χ3n) is 4.33. The van der Waals surface area contributed by atoms with Gasteiger partial charge in [0.1, 0.15) is 18.5 Å². The van der Waals surface area contributed by atoms with Crippen molar-refractivity contribution in [1.29, 1.82) is 0 Å². The number of likely N-dealkylation sites (tertiary alicyclic amines) is 1. The summed E-state index contributed by atoms with van der Waals surface area (Å²) in [6.45, 7) is 1.43. The number of amides is 2. The van der Waals surface area contributed by atoms with Crippen LogP contribution >= 0.6 is 0 Å². The molecule has 0 unspecified atom stereocenters. The van der Waals surface area contributed by atoms with E-state index < -0.39 is 5.91 Å². The summed E-state index contributed by atoms with van der Waals surface area (Å²) in [5.41, 5.74) is 6.67. The second-order valence-corrected chi connectivity index (χ2v) is 6.24. The predicted molar refractivity (Wildman–Crippen MR) is 96.8 cm³/mol. The van der Waals surface area contributed by atoms with Gasteiger partial charge in [-0.05, 0) is 23.8 Å². The van der Waals surface area contributed by atoms with Crippen molar-refractivity contribution in [3.05, 3.63) is 65.7 Å². The molecule has 0 spiro atoms. The molecule has 6 heteroatoms. The maximum Gasteiger partial charge on any atom is 0.410 e. The molecule has 6 nitrogen and oxygen atoms in total. The van der Waals surface area contributed by atoms with Gasteiger partial charge in [-0.15, -0.1) is 0 Å². The van der Waals surface area contributed by atoms with Gasteiger partial charge in [0.15, 0.2) is 0 Å². The van der Waals surface area contributed by atoms with Gasteiger partial charge in [0.25, 0.3) is 0 Å². The van der Waals surface area contributed by atoms with Crippen molar-refractivity contribution in [1.82, 2.24) is 4.90 Å². The van der Waals surface area contributed by atoms with E-state index in [1.807, 2.05) is 30.3 Å². The van der Waals surface area contributed by atoms with Gasteiger partial charge in [-0.25, -0.2) is 4.79 Å². The molecule has 26 heavy (non-hydrogen) atoms. The average Bonchev–Trinajstić information content (AvgIpc) is 2.68. The lowest BCUT2D eigenvalue weighted by Gasteiger charge is -2.31. The number of nitrogens with zero attached hydrogens (tertiary/aromatic N) is 1. The topological polar surface area (TPSA) is 81.9 Å². The van der Waals surface area contributed by atoms with Gasteiger partial charge in [-0.1, -0.05) is 36.4 Å². The van der Waals surface area contributed by atoms with Gasteiger partial charge in [0.05, 0.1) is 0 Å². The van der Waals surface area contributed by atoms with Gasteiger partial charge in [0, 0.05) is 31.5 Å². The van der Waals surface area contributed by atoms with Crippen LogP contribution < -0.4 is 10.5 Å². The number of nitrogens with two attached hydrogens (primary N) is 1. The molecule has 0 bridgehead atoms. The van der Waals surface area contributed by atoms with Crippen LogP contribution in [0.5, 0.6) is 5.75 Å². The minimum atomic E-state index is -0.480. The minimum absolute atomic E-state index is 0.00343. The number of benzene rings is 2. The molecule has 136 valence electrons. The number of hydrogen-bond donors (Lipinski definition) is 1. The molecule has 0 radical (unpaired) electrons. The van der Waals surface area contributed by atoms with Crippen LogP contribution in [-0.4, -0.2) is 36.1 Å². The second-order valence-electron chi connectivity index (χ2n) is 6.24. The van der Waals surface area contributed by atoms with Crippen LogP contribution in [0.4, 0.5) is 4.79 Å². The highest BCUT2D eigenvalue weighted by Gasteiger charge is 2.25. The molecule has 3 rings (SSSR count). The van der Waals surface area contributed by atoms with Crippen LogP contribution in [0.2, 0.25) is 0 Å². The fourth-order valence-electron chi connectivity index (χ4n) is 2.88. The first kappa shape index (κ1) is 17.8. The van der Waals surface area contributed by atoms with E-state index in [1.165, 1.54) is 0 Å². The van der Waals surface area contributed by atoms with Crippen molar-refractivity contribution in [3.8, 4) is 5.75 Å². The van der Waals surface area contributed by atoms with Crippen LogP contribution in [0.3, 0.4) is 0 Å². The van der Waals surface area contributed by atoms with Gasteiger partial charge >= 0.3 is 6.09 Å². The Morgan fingerprint density at radius 3 is 2.46 bits per heavy atom. The molecule has 0 aromatic heterocycles. The van der Waals surface area contributed by atoms with E-state index in [0.29, 0.717) is 37.2 Å². The van der Waals surface area contributed by atoms with Crippen LogP contribution in [-0.2, 0) is 11.3 Å². The van der Waals surface area contributed by atoms with E-state index in [2.05, 4.69) is 0 Å². The molecular formula is C20H22N2O4. The minimum Gasteiger partial charge on any atom is -0.490 e. The first-order chi connectivity index (χ1) is 12.6. The smallest absolute Gasteiger partial charge is 0.410 e. The van der Waals surface area contributed by atoms with Crippen molar-refractivity contribution in [2.24, 2.45) is 5.73 Å². The van der Waals surface area contributed by atoms with Crippen molar-refractivity contribution in [2.75, 3.05) is 13.1 Å². The average molecular weight is 354 g/mol. The van der Waals surface area contributed by atoms with Gasteiger partial charge in [0.2, 0.25) is 5.91 Å². The molecular weight excluding hydrogens is 332 g/mol. The van der Waals surface area contributed by atoms with E-state index in [9.17, 15) is 9.59 Å². The van der Waals surface area contributed by atoms with Crippen LogP contribution in [0.25, 0.3) is 0 Å². The lowest BCUT2D eigenvalue weighted by atomic mass is 10.1. The molecule has 2 aromatic carbocycles. The highest BCUT2D eigenvalue weighted by atomic mass is 16.6. The number of ether oxygens (including phenoxy) is 2. The van der Waals surface area contributed by atoms with Crippen LogP contribution in [0, 0.1) is 0 Å². The fourth-order valence-corrected chi connectivity index (χ4v) is 2.88. The van der Waals surface area contributed by atoms with E-state index in [0.717, 1.165) is 5.56 Å². The quantitative estimate of drug-likeness (QED) is 0.895. The largest absolute Gasteiger partial charge is 0.490 e. The molecule has 0 saturated carbocycles. The standard InChI is InChI=1S/C20H22N2O4/c21-19(23)16-7-4-8-18(13-16)26-17-9-11-22(12-10-17)20(24)25-14-15-5-2-1-3-6-15/h1-8,13,17H,9-12,14H2,(H2,21,23). The lowest BCUT2D eigenvalue weighted by molar-refractivity contribution is 0.0637. The van der Waals surface area contributed by atoms with Gasteiger partial charge in [-0.2, -0.15) is 0 Å². The maximum absolute atomic E-state index is 12.2. The molecule has 0 atom stereocenters. The van der Waals surface area contributed by atoms with Crippen LogP contribution in [0.15, 0.2) is 54.6 Å². The Kier molecular flexibility index (Phi) is 5.73. The Balaban J connectivity index is 1.46. The number of primary amides is 1. The molecule has 1 heterocycles. The monoisotopic (exact) mass is 354 g/mol. The lowest BCUT2D eigenvalue weighted by Crippen LogP contribution is -2.42. The van der Waals surface area contributed by atoms with E-state index in [1.54, 1.807) is 29.2 Å². The Hall–Kier alpha value is -3.02. The zero-order chi connectivity index (χ0) is 18.4. The Morgan fingerprint density at radius 2 is 1.77 bits per heavy atom. The van der Waals surface area contributed by atoms with Crippen LogP contribution in [0.1, 0.15) is 28.8 Å². The number of rotatable bonds is 5. The summed E-state index contributed by atoms with van der Waals surface area (Å²) in [7, 11) is 0. The van der Waals surface area contributed by atoms with Crippen molar-refractivity contribution in [3.63, 3.8) is 0 Å². The van der Waals surface area contributed by atoms with E-state index in [4.69, 9.17) is 15.2 Å². The highest BCUT2D eigenvalue weighted by Crippen LogP contribution is 2.20. The SMILES string of the molecule is NC(=O)c1cccc(OC2CCN(C(=O)OCc3ccccc3)CC2)c1. The van der Waals surface area contributed by atoms with Crippen molar-refractivity contribution >= 4 is 12.0 Å². The zero-order valence-corrected chi connectivity index (χ0v) is 14.5. The van der Waals surface area contributed by atoms with Gasteiger partial charge in [-0.3, -0.25) is 4.79 Å². The Bertz CT molecular complexity index is 755. The Morgan fingerprint density at radius 1 is 1.04 bits per heavy atom. The molecule has 2 aromatic rings. The third-order valence-corrected chi connectivity index (χ3v) is 4.33. The number of piperidine rings is 1. The molecule has 2 amide bonds. The van der Waals surface area contributed by atoms with Crippen molar-refractivity contribution in [2.45, 2.75) is 25.6 Å². The zero-order valence-electron chi connectivity index (χ0n) is 14.5. The molecule has 1 saturated heterocycles. The first-order valence-electron chi connectivity index (χ1n) is 8.64. The molecule has 1 fully saturated rings. The van der Waals surface area contributed by atoms with Gasteiger partial charge < -0.3 is 20.1 Å². The molecule has 2 N–H and O–H groups in total. The molecule has 1 aliphatic rings. The summed E-state index contributed by atoms with van der Waals surface area (Å²) in [6, 6.07) is 16.4. The third kappa shape index (κ3) is 4.75. The van der Waals surface area contributed by atoms with Crippen molar-refractivity contribution < 1.29 is 19.1 Å². The summed E-state index contributed by atoms with van der Waals surface area (Å²) >= 11 is 0. The molecule has 0 aliphatic carbocycles. The normalized spacial score (nSPS) is 14.7. The van der Waals surface area contributed by atoms with E-state index in [-0.39, 0.29) is 18.8 Å². The highest BCUT2D eigenvalue weighted by molar-refractivity contribution is 5.93. The molecule has 1 aliphatic heterocycles.